The second-order valence-electron chi connectivity index (χ2n) is 7.11. The van der Waals surface area contributed by atoms with Crippen molar-refractivity contribution >= 4 is 34.8 Å². The van der Waals surface area contributed by atoms with Crippen LogP contribution in [0.4, 0.5) is 15.8 Å². The van der Waals surface area contributed by atoms with Gasteiger partial charge in [-0.2, -0.15) is 0 Å². The summed E-state index contributed by atoms with van der Waals surface area (Å²) in [5.74, 6) is -0.998. The van der Waals surface area contributed by atoms with Gasteiger partial charge in [0.15, 0.2) is 0 Å². The van der Waals surface area contributed by atoms with E-state index in [1.165, 1.54) is 12.1 Å². The summed E-state index contributed by atoms with van der Waals surface area (Å²) in [4.78, 5) is 27.0. The van der Waals surface area contributed by atoms with Gasteiger partial charge in [-0.15, -0.1) is 6.58 Å². The number of anilines is 2. The van der Waals surface area contributed by atoms with Crippen LogP contribution < -0.4 is 15.0 Å². The van der Waals surface area contributed by atoms with Crippen LogP contribution >= 0.6 is 11.6 Å². The minimum absolute atomic E-state index is 0.0146. The van der Waals surface area contributed by atoms with E-state index >= 15 is 0 Å². The van der Waals surface area contributed by atoms with Crippen molar-refractivity contribution < 1.29 is 18.7 Å². The Morgan fingerprint density at radius 1 is 1.39 bits per heavy atom. The molecule has 3 rings (SSSR count). The number of ether oxygens (including phenoxy) is 1. The van der Waals surface area contributed by atoms with Crippen LogP contribution in [0.5, 0.6) is 5.75 Å². The number of benzene rings is 2. The van der Waals surface area contributed by atoms with E-state index in [0.29, 0.717) is 17.1 Å². The van der Waals surface area contributed by atoms with E-state index in [2.05, 4.69) is 11.9 Å². The highest BCUT2D eigenvalue weighted by Gasteiger charge is 2.37. The van der Waals surface area contributed by atoms with Crippen LogP contribution in [0.1, 0.15) is 24.2 Å². The Kier molecular flexibility index (Phi) is 5.42. The molecule has 28 heavy (non-hydrogen) atoms. The fraction of sp³-hybridized carbons (Fsp3) is 0.238. The molecule has 0 saturated heterocycles. The van der Waals surface area contributed by atoms with E-state index in [1.54, 1.807) is 43.0 Å². The molecule has 1 aliphatic heterocycles. The fourth-order valence-electron chi connectivity index (χ4n) is 2.94. The molecular formula is C21H20ClFN2O3. The summed E-state index contributed by atoms with van der Waals surface area (Å²) in [5.41, 5.74) is -0.0665. The van der Waals surface area contributed by atoms with Gasteiger partial charge in [0.1, 0.15) is 18.2 Å². The first kappa shape index (κ1) is 19.9. The van der Waals surface area contributed by atoms with Gasteiger partial charge in [0.2, 0.25) is 5.91 Å². The lowest BCUT2D eigenvalue weighted by Crippen LogP contribution is -2.42. The van der Waals surface area contributed by atoms with Crippen molar-refractivity contribution in [3.05, 3.63) is 65.5 Å². The van der Waals surface area contributed by atoms with Crippen LogP contribution in [0.3, 0.4) is 0 Å². The van der Waals surface area contributed by atoms with Gasteiger partial charge in [0.05, 0.1) is 21.7 Å². The largest absolute Gasteiger partial charge is 0.490 e. The molecule has 5 nitrogen and oxygen atoms in total. The van der Waals surface area contributed by atoms with E-state index in [1.807, 2.05) is 0 Å². The van der Waals surface area contributed by atoms with Gasteiger partial charge in [-0.25, -0.2) is 4.39 Å². The Balaban J connectivity index is 1.96. The maximum atomic E-state index is 14.0. The molecule has 1 aliphatic rings. The summed E-state index contributed by atoms with van der Waals surface area (Å²) in [6.45, 7) is 7.83. The van der Waals surface area contributed by atoms with Crippen LogP contribution in [-0.2, 0) is 4.79 Å². The van der Waals surface area contributed by atoms with Crippen molar-refractivity contribution in [2.75, 3.05) is 23.4 Å². The number of carbonyl (C=O) groups excluding carboxylic acids is 2. The number of fused-ring (bicyclic) bond motifs is 1. The fourth-order valence-corrected chi connectivity index (χ4v) is 3.19. The average Bonchev–Trinajstić information content (AvgIpc) is 2.72. The summed E-state index contributed by atoms with van der Waals surface area (Å²) in [7, 11) is 0. The minimum Gasteiger partial charge on any atom is -0.490 e. The van der Waals surface area contributed by atoms with E-state index in [4.69, 9.17) is 16.3 Å². The van der Waals surface area contributed by atoms with Gasteiger partial charge < -0.3 is 15.0 Å². The first-order valence-electron chi connectivity index (χ1n) is 8.69. The number of nitrogens with one attached hydrogen (secondary N) is 1. The second kappa shape index (κ2) is 7.64. The maximum Gasteiger partial charge on any atom is 0.260 e. The van der Waals surface area contributed by atoms with Gasteiger partial charge in [-0.05, 0) is 44.2 Å². The number of hydrogen-bond donors (Lipinski definition) is 1. The Labute approximate surface area is 167 Å². The standard InChI is InChI=1S/C21H20ClFN2O3/c1-4-10-25-16-11-13(8-9-17(16)28-12-21(2,3)20(25)27)24-19(26)18-14(22)6-5-7-15(18)23/h4-9,11H,1,10,12H2,2-3H3,(H,24,26). The lowest BCUT2D eigenvalue weighted by molar-refractivity contribution is -0.127. The molecule has 0 aromatic heterocycles. The lowest BCUT2D eigenvalue weighted by atomic mass is 9.93. The zero-order chi connectivity index (χ0) is 20.5. The molecule has 1 N–H and O–H groups in total. The third kappa shape index (κ3) is 3.73. The quantitative estimate of drug-likeness (QED) is 0.756. The van der Waals surface area contributed by atoms with Gasteiger partial charge in [-0.3, -0.25) is 9.59 Å². The first-order chi connectivity index (χ1) is 13.2. The number of halogens is 2. The third-order valence-electron chi connectivity index (χ3n) is 4.42. The highest BCUT2D eigenvalue weighted by atomic mass is 35.5. The molecule has 146 valence electrons. The normalized spacial score (nSPS) is 15.3. The molecule has 0 spiro atoms. The van der Waals surface area contributed by atoms with Crippen LogP contribution in [-0.4, -0.2) is 25.0 Å². The summed E-state index contributed by atoms with van der Waals surface area (Å²) in [6, 6.07) is 8.94. The molecule has 1 heterocycles. The number of hydrogen-bond acceptors (Lipinski definition) is 3. The van der Waals surface area contributed by atoms with Crippen LogP contribution in [0.25, 0.3) is 0 Å². The van der Waals surface area contributed by atoms with Crippen LogP contribution in [0.2, 0.25) is 5.02 Å². The Hall–Kier alpha value is -2.86. The molecule has 0 unspecified atom stereocenters. The monoisotopic (exact) mass is 402 g/mol. The van der Waals surface area contributed by atoms with Crippen molar-refractivity contribution in [3.8, 4) is 5.75 Å². The predicted octanol–water partition coefficient (Wildman–Crippen LogP) is 4.67. The van der Waals surface area contributed by atoms with Crippen molar-refractivity contribution in [2.45, 2.75) is 13.8 Å². The van der Waals surface area contributed by atoms with Gasteiger partial charge in [0.25, 0.3) is 5.91 Å². The molecule has 2 aromatic carbocycles. The summed E-state index contributed by atoms with van der Waals surface area (Å²) < 4.78 is 19.8. The van der Waals surface area contributed by atoms with Gasteiger partial charge >= 0.3 is 0 Å². The van der Waals surface area contributed by atoms with Crippen molar-refractivity contribution in [1.82, 2.24) is 0 Å². The molecule has 0 saturated carbocycles. The summed E-state index contributed by atoms with van der Waals surface area (Å²) >= 11 is 5.96. The van der Waals surface area contributed by atoms with Crippen molar-refractivity contribution in [3.63, 3.8) is 0 Å². The predicted molar refractivity (Wildman–Crippen MR) is 108 cm³/mol. The van der Waals surface area contributed by atoms with E-state index in [-0.39, 0.29) is 29.6 Å². The molecule has 7 heteroatoms. The maximum absolute atomic E-state index is 14.0. The summed E-state index contributed by atoms with van der Waals surface area (Å²) in [5, 5.41) is 2.64. The number of carbonyl (C=O) groups is 2. The highest BCUT2D eigenvalue weighted by Crippen LogP contribution is 2.38. The van der Waals surface area contributed by atoms with Crippen molar-refractivity contribution in [1.29, 1.82) is 0 Å². The van der Waals surface area contributed by atoms with Gasteiger partial charge in [-0.1, -0.05) is 23.7 Å². The highest BCUT2D eigenvalue weighted by molar-refractivity contribution is 6.34. The van der Waals surface area contributed by atoms with Crippen LogP contribution in [0, 0.1) is 11.2 Å². The topological polar surface area (TPSA) is 58.6 Å². The van der Waals surface area contributed by atoms with Gasteiger partial charge in [0, 0.05) is 12.2 Å². The molecule has 2 aromatic rings. The van der Waals surface area contributed by atoms with E-state index in [9.17, 15) is 14.0 Å². The molecule has 0 bridgehead atoms. The SMILES string of the molecule is C=CCN1C(=O)C(C)(C)COc2ccc(NC(=O)c3c(F)cccc3Cl)cc21. The minimum atomic E-state index is -0.716. The van der Waals surface area contributed by atoms with Crippen LogP contribution in [0.15, 0.2) is 49.1 Å². The Morgan fingerprint density at radius 2 is 2.14 bits per heavy atom. The summed E-state index contributed by atoms with van der Waals surface area (Å²) in [6.07, 6.45) is 1.62. The first-order valence-corrected chi connectivity index (χ1v) is 9.07. The number of nitrogens with zero attached hydrogens (tertiary/aromatic N) is 1. The number of amides is 2. The Bertz CT molecular complexity index is 938. The molecule has 0 radical (unpaired) electrons. The second-order valence-corrected chi connectivity index (χ2v) is 7.52. The molecule has 0 aliphatic carbocycles. The van der Waals surface area contributed by atoms with Crippen molar-refractivity contribution in [2.24, 2.45) is 5.41 Å². The molecule has 2 amide bonds. The smallest absolute Gasteiger partial charge is 0.260 e. The molecule has 0 fully saturated rings. The number of rotatable bonds is 4. The third-order valence-corrected chi connectivity index (χ3v) is 4.74. The molecule has 0 atom stereocenters. The zero-order valence-corrected chi connectivity index (χ0v) is 16.3. The Morgan fingerprint density at radius 3 is 2.82 bits per heavy atom. The zero-order valence-electron chi connectivity index (χ0n) is 15.6. The lowest BCUT2D eigenvalue weighted by Gasteiger charge is -2.27. The van der Waals surface area contributed by atoms with E-state index < -0.39 is 17.1 Å². The van der Waals surface area contributed by atoms with E-state index in [0.717, 1.165) is 6.07 Å². The average molecular weight is 403 g/mol. The molecular weight excluding hydrogens is 383 g/mol.